The minimum atomic E-state index is -1.18. The topological polar surface area (TPSA) is 253 Å². The molecule has 18 nitrogen and oxygen atoms in total. The van der Waals surface area contributed by atoms with Gasteiger partial charge in [0, 0.05) is 56.5 Å². The molecule has 66 heavy (non-hydrogen) atoms. The number of thiocarbonyl (C=S) groups is 1. The molecule has 9 atom stereocenters. The van der Waals surface area contributed by atoms with Crippen LogP contribution < -0.4 is 16.8 Å². The number of aliphatic imine (C=N–C) groups is 1. The molecule has 0 saturated carbocycles. The van der Waals surface area contributed by atoms with E-state index in [1.165, 1.54) is 23.5 Å². The molecule has 0 spiro atoms. The van der Waals surface area contributed by atoms with Crippen LogP contribution in [0.4, 0.5) is 0 Å². The summed E-state index contributed by atoms with van der Waals surface area (Å²) >= 11 is 8.34. The van der Waals surface area contributed by atoms with Gasteiger partial charge in [-0.25, -0.2) is 0 Å². The molecule has 4 saturated heterocycles. The first-order valence-electron chi connectivity index (χ1n) is 22.3. The van der Waals surface area contributed by atoms with Gasteiger partial charge >= 0.3 is 5.97 Å². The SMILES string of the molecule is CC(SC(=S)c1ccccc1)C(C(=O)NCCCN=C(N)N)C(C)(C#N)CCC(=O)CCCOCCSC1CC(=O)N(CCC(=O)OCC2OC3OC(C)(C)OC3C3OC(C)(C)OC23)C1=O. The molecule has 1 aromatic carbocycles. The molecular weight excluding hydrogens is 913 g/mol. The molecule has 0 bridgehead atoms. The van der Waals surface area contributed by atoms with E-state index in [0.717, 1.165) is 10.5 Å². The lowest BCUT2D eigenvalue weighted by Gasteiger charge is -2.36. The molecule has 364 valence electrons. The smallest absolute Gasteiger partial charge is 0.307 e. The van der Waals surface area contributed by atoms with Gasteiger partial charge in [0.2, 0.25) is 17.7 Å². The lowest BCUT2D eigenvalue weighted by molar-refractivity contribution is -0.242. The Morgan fingerprint density at radius 3 is 2.42 bits per heavy atom. The number of guanidine groups is 1. The predicted molar refractivity (Wildman–Crippen MR) is 251 cm³/mol. The van der Waals surface area contributed by atoms with Gasteiger partial charge in [0.1, 0.15) is 36.8 Å². The second-order valence-corrected chi connectivity index (χ2v) is 21.1. The number of carbonyl (C=O) groups is 5. The van der Waals surface area contributed by atoms with Crippen LogP contribution in [-0.2, 0) is 57.1 Å². The zero-order chi connectivity index (χ0) is 48.2. The molecule has 3 amide bonds. The standard InChI is InChI=1S/C45H64N6O12S3/c1-27(66-41(64)28-12-8-7-9-13-28)34(38(55)49-18-11-19-50-42(47)48)45(6,26-46)17-15-29(52)14-10-21-57-22-23-65-31-24-32(53)51(39(31)56)20-16-33(54)58-25-30-35-36(61-43(2,3)60-35)37-40(59-30)63-44(4,5)62-37/h7-9,12-13,27,30-31,34-37,40H,10-11,14-25H2,1-6H3,(H,49,55)(H4,47,48,50). The van der Waals surface area contributed by atoms with Crippen molar-refractivity contribution in [3.63, 3.8) is 0 Å². The number of fused-ring (bicyclic) bond motifs is 3. The number of hydrogen-bond donors (Lipinski definition) is 3. The lowest BCUT2D eigenvalue weighted by atomic mass is 9.72. The number of benzene rings is 1. The summed E-state index contributed by atoms with van der Waals surface area (Å²) in [5.74, 6) is -3.88. The number of Topliss-reactive ketones (excluding diaryl/α,β-unsaturated/α-hetero) is 1. The number of hydrogen-bond acceptors (Lipinski definition) is 17. The Bertz CT molecular complexity index is 1970. The van der Waals surface area contributed by atoms with Crippen molar-refractivity contribution in [2.24, 2.45) is 27.8 Å². The number of carbonyl (C=O) groups excluding carboxylic acids is 5. The maximum Gasteiger partial charge on any atom is 0.307 e. The number of esters is 1. The number of rotatable bonds is 25. The Labute approximate surface area is 400 Å². The van der Waals surface area contributed by atoms with Gasteiger partial charge in [0.05, 0.1) is 39.9 Å². The third-order valence-electron chi connectivity index (χ3n) is 11.5. The number of imide groups is 1. The van der Waals surface area contributed by atoms with Gasteiger partial charge in [-0.15, -0.1) is 23.5 Å². The highest BCUT2D eigenvalue weighted by molar-refractivity contribution is 8.24. The van der Waals surface area contributed by atoms with Crippen LogP contribution in [0.5, 0.6) is 0 Å². The van der Waals surface area contributed by atoms with Gasteiger partial charge in [0.25, 0.3) is 0 Å². The quantitative estimate of drug-likeness (QED) is 0.0315. The molecular formula is C45H64N6O12S3. The summed E-state index contributed by atoms with van der Waals surface area (Å²) < 4.78 is 42.0. The molecule has 4 heterocycles. The van der Waals surface area contributed by atoms with Crippen LogP contribution in [0.2, 0.25) is 0 Å². The summed E-state index contributed by atoms with van der Waals surface area (Å²) in [6.45, 7) is 11.7. The monoisotopic (exact) mass is 976 g/mol. The van der Waals surface area contributed by atoms with E-state index in [1.807, 2.05) is 37.3 Å². The van der Waals surface area contributed by atoms with E-state index >= 15 is 0 Å². The lowest BCUT2D eigenvalue weighted by Crippen LogP contribution is -2.56. The number of nitrogens with one attached hydrogen (secondary N) is 1. The first-order chi connectivity index (χ1) is 31.2. The number of ketones is 1. The number of nitrogens with two attached hydrogens (primary N) is 2. The third-order valence-corrected chi connectivity index (χ3v) is 14.3. The van der Waals surface area contributed by atoms with Crippen molar-refractivity contribution in [2.45, 2.75) is 139 Å². The summed E-state index contributed by atoms with van der Waals surface area (Å²) in [7, 11) is 0. The van der Waals surface area contributed by atoms with E-state index in [-0.39, 0.29) is 80.0 Å². The first kappa shape index (κ1) is 53.2. The third kappa shape index (κ3) is 14.9. The Morgan fingerprint density at radius 1 is 1.02 bits per heavy atom. The second-order valence-electron chi connectivity index (χ2n) is 17.8. The number of nitrogens with zero attached hydrogens (tertiary/aromatic N) is 3. The van der Waals surface area contributed by atoms with Crippen molar-refractivity contribution in [3.05, 3.63) is 35.9 Å². The number of ether oxygens (including phenoxy) is 7. The van der Waals surface area contributed by atoms with Crippen LogP contribution in [0.25, 0.3) is 0 Å². The molecule has 5 N–H and O–H groups in total. The maximum absolute atomic E-state index is 13.7. The minimum absolute atomic E-state index is 0.0147. The van der Waals surface area contributed by atoms with Gasteiger partial charge in [-0.1, -0.05) is 49.5 Å². The number of thioether (sulfide) groups is 2. The van der Waals surface area contributed by atoms with Crippen LogP contribution >= 0.6 is 35.7 Å². The Morgan fingerprint density at radius 2 is 1.71 bits per heavy atom. The maximum atomic E-state index is 13.7. The number of likely N-dealkylation sites (tertiary alicyclic amines) is 1. The van der Waals surface area contributed by atoms with Crippen molar-refractivity contribution in [1.29, 1.82) is 5.26 Å². The van der Waals surface area contributed by atoms with E-state index < -0.39 is 64.8 Å². The molecule has 0 radical (unpaired) electrons. The summed E-state index contributed by atoms with van der Waals surface area (Å²) in [4.78, 5) is 70.5. The number of nitriles is 1. The fourth-order valence-corrected chi connectivity index (χ4v) is 11.1. The van der Waals surface area contributed by atoms with Gasteiger partial charge < -0.3 is 49.9 Å². The molecule has 1 aromatic rings. The van der Waals surface area contributed by atoms with Crippen LogP contribution in [0, 0.1) is 22.7 Å². The minimum Gasteiger partial charge on any atom is -0.463 e. The second kappa shape index (κ2) is 24.0. The zero-order valence-electron chi connectivity index (χ0n) is 38.5. The fraction of sp³-hybridized carbons (Fsp3) is 0.689. The van der Waals surface area contributed by atoms with E-state index in [2.05, 4.69) is 16.4 Å². The Hall–Kier alpha value is -3.72. The highest BCUT2D eigenvalue weighted by atomic mass is 32.2. The molecule has 0 aromatic heterocycles. The highest BCUT2D eigenvalue weighted by Crippen LogP contribution is 2.44. The summed E-state index contributed by atoms with van der Waals surface area (Å²) in [5, 5.41) is 12.4. The van der Waals surface area contributed by atoms with Crippen LogP contribution in [0.1, 0.15) is 92.1 Å². The summed E-state index contributed by atoms with van der Waals surface area (Å²) in [5.41, 5.74) is 10.5. The molecule has 5 rings (SSSR count). The first-order valence-corrected chi connectivity index (χ1v) is 24.6. The van der Waals surface area contributed by atoms with Crippen molar-refractivity contribution in [3.8, 4) is 6.07 Å². The van der Waals surface area contributed by atoms with E-state index in [4.69, 9.17) is 56.8 Å². The van der Waals surface area contributed by atoms with Gasteiger partial charge in [-0.05, 0) is 59.4 Å². The Balaban J connectivity index is 0.987. The Kier molecular flexibility index (Phi) is 19.4. The van der Waals surface area contributed by atoms with Crippen LogP contribution in [0.3, 0.4) is 0 Å². The van der Waals surface area contributed by atoms with Crippen molar-refractivity contribution < 1.29 is 57.1 Å². The van der Waals surface area contributed by atoms with Crippen LogP contribution in [-0.4, -0.2) is 143 Å². The van der Waals surface area contributed by atoms with Crippen molar-refractivity contribution in [2.75, 3.05) is 45.2 Å². The predicted octanol–water partition coefficient (Wildman–Crippen LogP) is 3.75. The molecule has 21 heteroatoms. The number of amides is 3. The summed E-state index contributed by atoms with van der Waals surface area (Å²) in [6.07, 6.45) is -1.72. The van der Waals surface area contributed by atoms with Crippen LogP contribution in [0.15, 0.2) is 35.3 Å². The molecule has 0 aliphatic carbocycles. The average Bonchev–Trinajstić information content (AvgIpc) is 3.86. The van der Waals surface area contributed by atoms with Gasteiger partial charge in [-0.2, -0.15) is 5.26 Å². The van der Waals surface area contributed by atoms with E-state index in [1.54, 1.807) is 34.6 Å². The van der Waals surface area contributed by atoms with Gasteiger partial charge in [0.15, 0.2) is 23.8 Å². The highest BCUT2D eigenvalue weighted by Gasteiger charge is 2.61. The molecule has 4 aliphatic heterocycles. The molecule has 4 aliphatic rings. The van der Waals surface area contributed by atoms with Crippen molar-refractivity contribution >= 4 is 75.4 Å². The van der Waals surface area contributed by atoms with Gasteiger partial charge in [-0.3, -0.25) is 33.9 Å². The largest absolute Gasteiger partial charge is 0.463 e. The normalized spacial score (nSPS) is 25.7. The van der Waals surface area contributed by atoms with E-state index in [9.17, 15) is 29.2 Å². The summed E-state index contributed by atoms with van der Waals surface area (Å²) in [6, 6.07) is 11.8. The fourth-order valence-electron chi connectivity index (χ4n) is 8.33. The molecule has 4 fully saturated rings. The van der Waals surface area contributed by atoms with Crippen molar-refractivity contribution in [1.82, 2.24) is 10.2 Å². The zero-order valence-corrected chi connectivity index (χ0v) is 41.0. The van der Waals surface area contributed by atoms with E-state index in [0.29, 0.717) is 49.1 Å². The average molecular weight is 977 g/mol. The molecule has 9 unspecified atom stereocenters.